The van der Waals surface area contributed by atoms with Crippen LogP contribution >= 0.6 is 10.5 Å². The Balaban J connectivity index is 4.55. The van der Waals surface area contributed by atoms with Crippen LogP contribution < -0.4 is 5.32 Å². The maximum absolute atomic E-state index is 11.8. The predicted molar refractivity (Wildman–Crippen MR) is 29.4 cm³/mol. The molecule has 0 spiro atoms. The van der Waals surface area contributed by atoms with Crippen molar-refractivity contribution in [2.75, 3.05) is 0 Å². The Morgan fingerprint density at radius 1 is 0.812 bits per heavy atom. The molecule has 0 radical (unpaired) electrons. The monoisotopic (exact) mass is 293 g/mol. The predicted octanol–water partition coefficient (Wildman–Crippen LogP) is 3.81. The first kappa shape index (κ1) is 15.5. The summed E-state index contributed by atoms with van der Waals surface area (Å²) < 4.78 is 114. The zero-order chi connectivity index (χ0) is 13.5. The summed E-state index contributed by atoms with van der Waals surface area (Å²) in [5.41, 5.74) is 0. The van der Waals surface area contributed by atoms with Crippen molar-refractivity contribution in [3.05, 3.63) is 0 Å². The lowest BCUT2D eigenvalue weighted by molar-refractivity contribution is -0.436. The van der Waals surface area contributed by atoms with Crippen LogP contribution in [-0.4, -0.2) is 12.5 Å². The SMILES string of the molecule is FC(F)(F)NC(F)(F)OOS(F)(F)(F)(F)F. The van der Waals surface area contributed by atoms with Crippen LogP contribution in [0.1, 0.15) is 0 Å². The minimum atomic E-state index is -10.8. The molecule has 0 amide bonds. The molecule has 0 aliphatic carbocycles. The molecular weight excluding hydrogens is 292 g/mol. The van der Waals surface area contributed by atoms with Crippen LogP contribution in [0.4, 0.5) is 41.4 Å². The summed E-state index contributed by atoms with van der Waals surface area (Å²) in [7, 11) is -10.8. The van der Waals surface area contributed by atoms with Gasteiger partial charge in [0.25, 0.3) is 0 Å². The largest absolute Gasteiger partial charge is 0.464 e. The summed E-state index contributed by atoms with van der Waals surface area (Å²) in [4.78, 5) is 1.69. The number of alkyl halides is 5. The first-order valence-corrected chi connectivity index (χ1v) is 4.63. The number of rotatable bonds is 4. The van der Waals surface area contributed by atoms with Gasteiger partial charge in [0.1, 0.15) is 0 Å². The maximum Gasteiger partial charge on any atom is 0.464 e. The Bertz CT molecular complexity index is 263. The van der Waals surface area contributed by atoms with Gasteiger partial charge in [0.2, 0.25) is 0 Å². The lowest BCUT2D eigenvalue weighted by Crippen LogP contribution is -2.48. The van der Waals surface area contributed by atoms with Crippen molar-refractivity contribution in [2.24, 2.45) is 0 Å². The highest BCUT2D eigenvalue weighted by molar-refractivity contribution is 8.42. The number of nitrogens with one attached hydrogen (secondary N) is 1. The first-order valence-electron chi connectivity index (χ1n) is 2.75. The van der Waals surface area contributed by atoms with E-state index in [0.29, 0.717) is 0 Å². The molecular formula is C2HF10NO2S. The van der Waals surface area contributed by atoms with Crippen LogP contribution in [0.5, 0.6) is 0 Å². The van der Waals surface area contributed by atoms with Gasteiger partial charge in [-0.1, -0.05) is 23.8 Å². The molecule has 3 nitrogen and oxygen atoms in total. The summed E-state index contributed by atoms with van der Waals surface area (Å²) in [6, 6.07) is 0. The third kappa shape index (κ3) is 10.1. The van der Waals surface area contributed by atoms with Crippen LogP contribution in [0.15, 0.2) is 0 Å². The standard InChI is InChI=1S/C2HF10NO2S/c3-1(4,5)13-2(6,7)14-15-16(8,9,10,11)12/h13H. The number of hydrogen-bond donors (Lipinski definition) is 1. The molecule has 0 aromatic rings. The van der Waals surface area contributed by atoms with Crippen molar-refractivity contribution in [1.29, 1.82) is 0 Å². The van der Waals surface area contributed by atoms with Gasteiger partial charge in [0.05, 0.1) is 0 Å². The van der Waals surface area contributed by atoms with E-state index in [2.05, 4.69) is 0 Å². The molecule has 16 heavy (non-hydrogen) atoms. The fourth-order valence-corrected chi connectivity index (χ4v) is 0.507. The Kier molecular flexibility index (Phi) is 2.96. The van der Waals surface area contributed by atoms with E-state index in [1.54, 1.807) is 4.89 Å². The molecule has 0 aromatic heterocycles. The van der Waals surface area contributed by atoms with E-state index in [-0.39, 0.29) is 0 Å². The van der Waals surface area contributed by atoms with Gasteiger partial charge in [0.15, 0.2) is 0 Å². The molecule has 0 bridgehead atoms. The fourth-order valence-electron chi connectivity index (χ4n) is 0.293. The van der Waals surface area contributed by atoms with E-state index >= 15 is 0 Å². The van der Waals surface area contributed by atoms with Gasteiger partial charge in [0, 0.05) is 0 Å². The van der Waals surface area contributed by atoms with Crippen LogP contribution in [0.25, 0.3) is 0 Å². The summed E-state index contributed by atoms with van der Waals surface area (Å²) in [6.07, 6.45) is -11.7. The quantitative estimate of drug-likeness (QED) is 0.281. The lowest BCUT2D eigenvalue weighted by Gasteiger charge is -2.37. The fraction of sp³-hybridized carbons (Fsp3) is 1.00. The molecule has 0 saturated heterocycles. The molecule has 0 aliphatic rings. The van der Waals surface area contributed by atoms with Gasteiger partial charge < -0.3 is 0 Å². The van der Waals surface area contributed by atoms with Gasteiger partial charge in [-0.15, -0.1) is 10.2 Å². The van der Waals surface area contributed by atoms with Gasteiger partial charge in [-0.3, -0.25) is 0 Å². The van der Waals surface area contributed by atoms with E-state index in [4.69, 9.17) is 0 Å². The molecule has 0 fully saturated rings. The summed E-state index contributed by atoms with van der Waals surface area (Å²) in [6.45, 7) is 0. The van der Waals surface area contributed by atoms with E-state index in [1.807, 2.05) is 0 Å². The second-order valence-corrected chi connectivity index (χ2v) is 4.12. The van der Waals surface area contributed by atoms with E-state index in [9.17, 15) is 41.4 Å². The Hall–Kier alpha value is -0.470. The molecule has 0 unspecified atom stereocenters. The Morgan fingerprint density at radius 3 is 1.44 bits per heavy atom. The summed E-state index contributed by atoms with van der Waals surface area (Å²) in [5.74, 6) is 0. The van der Waals surface area contributed by atoms with E-state index in [1.165, 1.54) is 4.33 Å². The smallest absolute Gasteiger partial charge is 0.157 e. The molecule has 14 heteroatoms. The molecule has 0 rings (SSSR count). The van der Waals surface area contributed by atoms with Crippen LogP contribution in [0.3, 0.4) is 0 Å². The van der Waals surface area contributed by atoms with Crippen LogP contribution in [0, 0.1) is 0 Å². The van der Waals surface area contributed by atoms with Gasteiger partial charge in [-0.05, 0) is 0 Å². The average molecular weight is 293 g/mol. The normalized spacial score (nSPS) is 19.1. The average Bonchev–Trinajstić information content (AvgIpc) is 1.73. The highest BCUT2D eigenvalue weighted by atomic mass is 32.5. The third-order valence-corrected chi connectivity index (χ3v) is 0.880. The van der Waals surface area contributed by atoms with Crippen molar-refractivity contribution in [3.8, 4) is 0 Å². The van der Waals surface area contributed by atoms with Gasteiger partial charge >= 0.3 is 23.0 Å². The molecule has 0 aromatic carbocycles. The molecule has 0 heterocycles. The van der Waals surface area contributed by atoms with Crippen molar-refractivity contribution in [2.45, 2.75) is 12.5 Å². The second-order valence-electron chi connectivity index (χ2n) is 2.19. The zero-order valence-corrected chi connectivity index (χ0v) is 7.32. The third-order valence-electron chi connectivity index (χ3n) is 0.555. The van der Waals surface area contributed by atoms with Gasteiger partial charge in [-0.2, -0.15) is 22.0 Å². The highest BCUT2D eigenvalue weighted by Crippen LogP contribution is 2.98. The van der Waals surface area contributed by atoms with Gasteiger partial charge in [-0.25, -0.2) is 0 Å². The van der Waals surface area contributed by atoms with Crippen LogP contribution in [0.2, 0.25) is 0 Å². The maximum atomic E-state index is 11.8. The minimum Gasteiger partial charge on any atom is -0.157 e. The van der Waals surface area contributed by atoms with E-state index in [0.717, 1.165) is 0 Å². The van der Waals surface area contributed by atoms with Crippen molar-refractivity contribution >= 4 is 10.5 Å². The molecule has 0 atom stereocenters. The summed E-state index contributed by atoms with van der Waals surface area (Å²) in [5, 5.41) is -0.792. The minimum absolute atomic E-state index is 0.792. The highest BCUT2D eigenvalue weighted by Gasteiger charge is 2.69. The zero-order valence-electron chi connectivity index (χ0n) is 6.50. The molecule has 102 valence electrons. The molecule has 0 aliphatic heterocycles. The van der Waals surface area contributed by atoms with Crippen molar-refractivity contribution in [3.63, 3.8) is 0 Å². The van der Waals surface area contributed by atoms with Crippen molar-refractivity contribution < 1.29 is 50.6 Å². The first-order chi connectivity index (χ1) is 6.39. The van der Waals surface area contributed by atoms with Crippen LogP contribution in [-0.2, 0) is 9.22 Å². The second kappa shape index (κ2) is 3.05. The topological polar surface area (TPSA) is 30.5 Å². The molecule has 1 N–H and O–H groups in total. The van der Waals surface area contributed by atoms with Crippen molar-refractivity contribution in [1.82, 2.24) is 5.32 Å². The molecule has 0 saturated carbocycles. The number of hydrogen-bond acceptors (Lipinski definition) is 3. The lowest BCUT2D eigenvalue weighted by atomic mass is 10.9. The Labute approximate surface area is 80.1 Å². The van der Waals surface area contributed by atoms with E-state index < -0.39 is 28.4 Å². The Morgan fingerprint density at radius 2 is 1.19 bits per heavy atom. The number of halogens is 10. The summed E-state index contributed by atoms with van der Waals surface area (Å²) >= 11 is 0.